The molecule has 1 aromatic heterocycles. The van der Waals surface area contributed by atoms with Crippen LogP contribution in [0.1, 0.15) is 11.5 Å². The highest BCUT2D eigenvalue weighted by molar-refractivity contribution is 5.92. The van der Waals surface area contributed by atoms with Crippen LogP contribution in [0.4, 0.5) is 5.69 Å². The molecule has 1 heterocycles. The van der Waals surface area contributed by atoms with Crippen LogP contribution < -0.4 is 10.6 Å². The van der Waals surface area contributed by atoms with Crippen molar-refractivity contribution in [1.82, 2.24) is 15.5 Å². The van der Waals surface area contributed by atoms with Gasteiger partial charge < -0.3 is 15.2 Å². The minimum Gasteiger partial charge on any atom is -0.340 e. The van der Waals surface area contributed by atoms with Crippen LogP contribution in [0, 0.1) is 6.92 Å². The molecule has 1 amide bonds. The lowest BCUT2D eigenvalue weighted by molar-refractivity contribution is -0.115. The summed E-state index contributed by atoms with van der Waals surface area (Å²) in [6.07, 6.45) is 1.97. The number of hydrogen-bond acceptors (Lipinski definition) is 5. The molecule has 0 saturated heterocycles. The number of nitrogens with one attached hydrogen (secondary N) is 2. The highest BCUT2D eigenvalue weighted by atomic mass is 16.5. The molecule has 0 atom stereocenters. The normalized spacial score (nSPS) is 10.4. The first-order valence-electron chi connectivity index (χ1n) is 6.07. The number of aryl methyl sites for hydroxylation is 1. The average Bonchev–Trinajstić information content (AvgIpc) is 2.91. The fraction of sp³-hybridized carbons (Fsp3) is 0.308. The van der Waals surface area contributed by atoms with Gasteiger partial charge in [-0.3, -0.25) is 4.79 Å². The molecule has 2 rings (SSSR count). The molecule has 2 aromatic rings. The summed E-state index contributed by atoms with van der Waals surface area (Å²) in [5, 5.41) is 9.38. The maximum atomic E-state index is 11.7. The highest BCUT2D eigenvalue weighted by Crippen LogP contribution is 2.12. The number of benzene rings is 1. The predicted molar refractivity (Wildman–Crippen MR) is 70.7 cm³/mol. The van der Waals surface area contributed by atoms with Gasteiger partial charge in [-0.1, -0.05) is 23.4 Å². The largest absolute Gasteiger partial charge is 0.340 e. The van der Waals surface area contributed by atoms with Gasteiger partial charge in [-0.25, -0.2) is 0 Å². The Bertz CT molecular complexity index is 525. The molecule has 0 aliphatic carbocycles. The zero-order valence-electron chi connectivity index (χ0n) is 10.7. The van der Waals surface area contributed by atoms with Crippen molar-refractivity contribution in [1.29, 1.82) is 0 Å². The lowest BCUT2D eigenvalue weighted by atomic mass is 10.2. The molecular weight excluding hydrogens is 244 g/mol. The first kappa shape index (κ1) is 13.2. The van der Waals surface area contributed by atoms with Crippen LogP contribution in [0.3, 0.4) is 0 Å². The number of amides is 1. The molecule has 1 aromatic carbocycles. The number of aromatic nitrogens is 2. The molecule has 0 saturated carbocycles. The third-order valence-corrected chi connectivity index (χ3v) is 2.63. The van der Waals surface area contributed by atoms with Crippen molar-refractivity contribution < 1.29 is 9.32 Å². The van der Waals surface area contributed by atoms with Crippen LogP contribution in [0.25, 0.3) is 0 Å². The molecule has 2 N–H and O–H groups in total. The van der Waals surface area contributed by atoms with E-state index >= 15 is 0 Å². The Morgan fingerprint density at radius 1 is 1.37 bits per heavy atom. The SMILES string of the molecule is Cc1ccccc1NC(=O)CNCCc1ncno1. The van der Waals surface area contributed by atoms with Gasteiger partial charge in [0.1, 0.15) is 0 Å². The van der Waals surface area contributed by atoms with Crippen molar-refractivity contribution in [2.75, 3.05) is 18.4 Å². The Balaban J connectivity index is 1.69. The number of hydrogen-bond donors (Lipinski definition) is 2. The maximum absolute atomic E-state index is 11.7. The summed E-state index contributed by atoms with van der Waals surface area (Å²) in [5.74, 6) is 0.492. The summed E-state index contributed by atoms with van der Waals surface area (Å²) in [6.45, 7) is 2.82. The van der Waals surface area contributed by atoms with Crippen LogP contribution in [0.5, 0.6) is 0 Å². The van der Waals surface area contributed by atoms with Crippen molar-refractivity contribution >= 4 is 11.6 Å². The van der Waals surface area contributed by atoms with Gasteiger partial charge >= 0.3 is 0 Å². The Hall–Kier alpha value is -2.21. The van der Waals surface area contributed by atoms with Gasteiger partial charge in [-0.15, -0.1) is 0 Å². The van der Waals surface area contributed by atoms with Crippen LogP contribution in [0.15, 0.2) is 35.1 Å². The molecule has 6 nitrogen and oxygen atoms in total. The Labute approximate surface area is 111 Å². The van der Waals surface area contributed by atoms with E-state index in [1.807, 2.05) is 31.2 Å². The molecule has 100 valence electrons. The van der Waals surface area contributed by atoms with E-state index in [4.69, 9.17) is 4.52 Å². The van der Waals surface area contributed by atoms with Gasteiger partial charge in [0.2, 0.25) is 11.8 Å². The Morgan fingerprint density at radius 2 is 2.21 bits per heavy atom. The molecular formula is C13H16N4O2. The standard InChI is InChI=1S/C13H16N4O2/c1-10-4-2-3-5-11(10)17-12(18)8-14-7-6-13-15-9-16-19-13/h2-5,9,14H,6-8H2,1H3,(H,17,18). The van der Waals surface area contributed by atoms with Crippen LogP contribution in [-0.4, -0.2) is 29.1 Å². The van der Waals surface area contributed by atoms with E-state index in [9.17, 15) is 4.79 Å². The van der Waals surface area contributed by atoms with E-state index in [-0.39, 0.29) is 12.5 Å². The molecule has 0 aliphatic rings. The summed E-state index contributed by atoms with van der Waals surface area (Å²) >= 11 is 0. The summed E-state index contributed by atoms with van der Waals surface area (Å²) in [7, 11) is 0. The van der Waals surface area contributed by atoms with Crippen molar-refractivity contribution in [3.63, 3.8) is 0 Å². The Morgan fingerprint density at radius 3 is 2.95 bits per heavy atom. The molecule has 19 heavy (non-hydrogen) atoms. The highest BCUT2D eigenvalue weighted by Gasteiger charge is 2.04. The zero-order chi connectivity index (χ0) is 13.5. The minimum absolute atomic E-state index is 0.0696. The number of carbonyl (C=O) groups excluding carboxylic acids is 1. The Kier molecular flexibility index (Phi) is 4.63. The zero-order valence-corrected chi connectivity index (χ0v) is 10.7. The van der Waals surface area contributed by atoms with Crippen molar-refractivity contribution in [3.05, 3.63) is 42.0 Å². The molecule has 6 heteroatoms. The summed E-state index contributed by atoms with van der Waals surface area (Å²) < 4.78 is 4.85. The number of para-hydroxylation sites is 1. The molecule has 0 unspecified atom stereocenters. The van der Waals surface area contributed by atoms with E-state index in [1.54, 1.807) is 0 Å². The number of rotatable bonds is 6. The second-order valence-electron chi connectivity index (χ2n) is 4.12. The van der Waals surface area contributed by atoms with Gasteiger partial charge in [0, 0.05) is 18.7 Å². The van der Waals surface area contributed by atoms with E-state index in [0.29, 0.717) is 18.9 Å². The quantitative estimate of drug-likeness (QED) is 0.761. The summed E-state index contributed by atoms with van der Waals surface area (Å²) in [6, 6.07) is 7.67. The van der Waals surface area contributed by atoms with Gasteiger partial charge in [-0.2, -0.15) is 4.98 Å². The predicted octanol–water partition coefficient (Wildman–Crippen LogP) is 1.15. The molecule has 0 aliphatic heterocycles. The maximum Gasteiger partial charge on any atom is 0.238 e. The van der Waals surface area contributed by atoms with Crippen LogP contribution >= 0.6 is 0 Å². The van der Waals surface area contributed by atoms with Crippen LogP contribution in [0.2, 0.25) is 0 Å². The van der Waals surface area contributed by atoms with E-state index in [2.05, 4.69) is 20.8 Å². The molecule has 0 radical (unpaired) electrons. The average molecular weight is 260 g/mol. The van der Waals surface area contributed by atoms with Crippen molar-refractivity contribution in [2.24, 2.45) is 0 Å². The van der Waals surface area contributed by atoms with Crippen molar-refractivity contribution in [2.45, 2.75) is 13.3 Å². The third kappa shape index (κ3) is 4.18. The van der Waals surface area contributed by atoms with Crippen LogP contribution in [-0.2, 0) is 11.2 Å². The second-order valence-corrected chi connectivity index (χ2v) is 4.12. The lowest BCUT2D eigenvalue weighted by Crippen LogP contribution is -2.29. The number of nitrogens with zero attached hydrogens (tertiary/aromatic N) is 2. The topological polar surface area (TPSA) is 80.0 Å². The van der Waals surface area contributed by atoms with E-state index < -0.39 is 0 Å². The van der Waals surface area contributed by atoms with Gasteiger partial charge in [0.25, 0.3) is 0 Å². The lowest BCUT2D eigenvalue weighted by Gasteiger charge is -2.08. The number of carbonyl (C=O) groups is 1. The summed E-state index contributed by atoms with van der Waals surface area (Å²) in [4.78, 5) is 15.6. The van der Waals surface area contributed by atoms with Gasteiger partial charge in [-0.05, 0) is 18.6 Å². The third-order valence-electron chi connectivity index (χ3n) is 2.63. The summed E-state index contributed by atoms with van der Waals surface area (Å²) in [5.41, 5.74) is 1.88. The fourth-order valence-corrected chi connectivity index (χ4v) is 1.61. The van der Waals surface area contributed by atoms with Crippen molar-refractivity contribution in [3.8, 4) is 0 Å². The smallest absolute Gasteiger partial charge is 0.238 e. The fourth-order valence-electron chi connectivity index (χ4n) is 1.61. The minimum atomic E-state index is -0.0696. The monoisotopic (exact) mass is 260 g/mol. The van der Waals surface area contributed by atoms with Gasteiger partial charge in [0.05, 0.1) is 6.54 Å². The molecule has 0 spiro atoms. The van der Waals surface area contributed by atoms with E-state index in [0.717, 1.165) is 11.3 Å². The first-order valence-corrected chi connectivity index (χ1v) is 6.07. The van der Waals surface area contributed by atoms with E-state index in [1.165, 1.54) is 6.33 Å². The molecule has 0 bridgehead atoms. The molecule has 0 fully saturated rings. The van der Waals surface area contributed by atoms with Gasteiger partial charge in [0.15, 0.2) is 6.33 Å². The first-order chi connectivity index (χ1) is 9.25. The second kappa shape index (κ2) is 6.65. The number of anilines is 1.